The number of esters is 1. The van der Waals surface area contributed by atoms with Crippen LogP contribution in [0, 0.1) is 22.7 Å². The van der Waals surface area contributed by atoms with Crippen molar-refractivity contribution in [3.8, 4) is 0 Å². The van der Waals surface area contributed by atoms with Crippen LogP contribution in [0.5, 0.6) is 0 Å². The monoisotopic (exact) mass is 466 g/mol. The van der Waals surface area contributed by atoms with Gasteiger partial charge in [0.15, 0.2) is 0 Å². The molecule has 4 fully saturated rings. The van der Waals surface area contributed by atoms with Crippen LogP contribution in [0.15, 0.2) is 0 Å². The molecule has 4 aliphatic rings. The first kappa shape index (κ1) is 25.3. The predicted octanol–water partition coefficient (Wildman–Crippen LogP) is 3.01. The maximum absolute atomic E-state index is 13.4. The first-order valence-corrected chi connectivity index (χ1v) is 12.0. The quantitative estimate of drug-likeness (QED) is 0.352. The number of nitrogens with one attached hydrogen (secondary N) is 2. The second kappa shape index (κ2) is 9.50. The van der Waals surface area contributed by atoms with Crippen LogP contribution in [-0.2, 0) is 23.9 Å². The van der Waals surface area contributed by atoms with Gasteiger partial charge in [-0.15, -0.1) is 0 Å². The van der Waals surface area contributed by atoms with Crippen LogP contribution in [0.25, 0.3) is 0 Å². The smallest absolute Gasteiger partial charge is 0.407 e. The molecular weight excluding hydrogens is 428 g/mol. The van der Waals surface area contributed by atoms with Crippen molar-refractivity contribution in [2.75, 3.05) is 13.7 Å². The molecule has 0 heterocycles. The number of amides is 2. The maximum Gasteiger partial charge on any atom is 0.407 e. The Morgan fingerprint density at radius 2 is 1.64 bits per heavy atom. The van der Waals surface area contributed by atoms with Crippen LogP contribution in [0.4, 0.5) is 4.79 Å². The van der Waals surface area contributed by atoms with Gasteiger partial charge in [-0.3, -0.25) is 9.59 Å². The minimum Gasteiger partial charge on any atom is -0.480 e. The number of unbranched alkanes of at least 4 members (excludes halogenated alkanes) is 1. The van der Waals surface area contributed by atoms with Crippen molar-refractivity contribution in [2.24, 2.45) is 22.7 Å². The molecule has 0 aromatic heterocycles. The van der Waals surface area contributed by atoms with Gasteiger partial charge >= 0.3 is 18.0 Å². The number of aliphatic carboxylic acids is 1. The fourth-order valence-electron chi connectivity index (χ4n) is 6.53. The molecule has 4 rings (SSSR count). The summed E-state index contributed by atoms with van der Waals surface area (Å²) in [5.74, 6) is -0.947. The lowest BCUT2D eigenvalue weighted by molar-refractivity contribution is -0.182. The highest BCUT2D eigenvalue weighted by molar-refractivity contribution is 5.89. The molecule has 0 aliphatic heterocycles. The molecule has 4 bridgehead atoms. The number of carboxylic acid groups (broad SMARTS) is 1. The largest absolute Gasteiger partial charge is 0.480 e. The number of carbonyl (C=O) groups excluding carboxylic acids is 3. The summed E-state index contributed by atoms with van der Waals surface area (Å²) in [5.41, 5.74) is -1.88. The summed E-state index contributed by atoms with van der Waals surface area (Å²) < 4.78 is 10.3. The van der Waals surface area contributed by atoms with Gasteiger partial charge in [0.25, 0.3) is 0 Å². The highest BCUT2D eigenvalue weighted by atomic mass is 16.6. The van der Waals surface area contributed by atoms with E-state index in [4.69, 9.17) is 9.47 Å². The first-order chi connectivity index (χ1) is 15.4. The van der Waals surface area contributed by atoms with Crippen molar-refractivity contribution in [3.05, 3.63) is 0 Å². The topological polar surface area (TPSA) is 131 Å². The summed E-state index contributed by atoms with van der Waals surface area (Å²) in [6.07, 6.45) is 5.26. The van der Waals surface area contributed by atoms with Crippen LogP contribution in [0.2, 0.25) is 0 Å². The van der Waals surface area contributed by atoms with E-state index in [1.54, 1.807) is 20.8 Å². The molecule has 4 aliphatic carbocycles. The van der Waals surface area contributed by atoms with Crippen LogP contribution in [0.1, 0.15) is 78.6 Å². The lowest BCUT2D eigenvalue weighted by Gasteiger charge is -2.59. The van der Waals surface area contributed by atoms with Gasteiger partial charge in [-0.05, 0) is 90.4 Å². The number of rotatable bonds is 9. The first-order valence-electron chi connectivity index (χ1n) is 12.0. The molecule has 186 valence electrons. The molecule has 2 amide bonds. The molecule has 0 saturated heterocycles. The molecule has 0 spiro atoms. The predicted molar refractivity (Wildman–Crippen MR) is 119 cm³/mol. The molecule has 4 saturated carbocycles. The molecule has 9 heteroatoms. The Balaban J connectivity index is 1.54. The molecule has 33 heavy (non-hydrogen) atoms. The zero-order valence-corrected chi connectivity index (χ0v) is 20.2. The van der Waals surface area contributed by atoms with Gasteiger partial charge in [0.2, 0.25) is 5.91 Å². The average Bonchev–Trinajstić information content (AvgIpc) is 2.69. The number of methoxy groups -OCH3 is 1. The highest BCUT2D eigenvalue weighted by Crippen LogP contribution is 2.65. The van der Waals surface area contributed by atoms with Crippen molar-refractivity contribution in [2.45, 2.75) is 90.2 Å². The molecule has 2 unspecified atom stereocenters. The lowest BCUT2D eigenvalue weighted by Crippen LogP contribution is -2.61. The summed E-state index contributed by atoms with van der Waals surface area (Å²) in [5, 5.41) is 15.1. The van der Waals surface area contributed by atoms with Crippen molar-refractivity contribution in [1.82, 2.24) is 10.6 Å². The Labute approximate surface area is 195 Å². The molecular formula is C24H38N2O7. The van der Waals surface area contributed by atoms with Crippen molar-refractivity contribution in [3.63, 3.8) is 0 Å². The van der Waals surface area contributed by atoms with Crippen LogP contribution in [0.3, 0.4) is 0 Å². The van der Waals surface area contributed by atoms with E-state index in [1.165, 1.54) is 7.11 Å². The Morgan fingerprint density at radius 3 is 2.18 bits per heavy atom. The second-order valence-corrected chi connectivity index (χ2v) is 11.3. The van der Waals surface area contributed by atoms with Crippen LogP contribution in [-0.4, -0.2) is 54.3 Å². The Bertz CT molecular complexity index is 774. The van der Waals surface area contributed by atoms with E-state index in [1.807, 2.05) is 0 Å². The number of carbonyl (C=O) groups is 4. The van der Waals surface area contributed by atoms with E-state index in [0.29, 0.717) is 50.5 Å². The second-order valence-electron chi connectivity index (χ2n) is 11.3. The van der Waals surface area contributed by atoms with E-state index >= 15 is 0 Å². The molecule has 0 radical (unpaired) electrons. The molecule has 9 nitrogen and oxygen atoms in total. The van der Waals surface area contributed by atoms with Crippen molar-refractivity contribution >= 4 is 23.9 Å². The number of hydrogen-bond donors (Lipinski definition) is 3. The fourth-order valence-corrected chi connectivity index (χ4v) is 6.53. The number of carboxylic acids is 1. The minimum atomic E-state index is -1.07. The summed E-state index contributed by atoms with van der Waals surface area (Å²) in [4.78, 5) is 49.5. The van der Waals surface area contributed by atoms with Crippen LogP contribution >= 0.6 is 0 Å². The minimum absolute atomic E-state index is 0.235. The Morgan fingerprint density at radius 1 is 1.03 bits per heavy atom. The van der Waals surface area contributed by atoms with E-state index in [2.05, 4.69) is 10.6 Å². The molecule has 3 atom stereocenters. The zero-order chi connectivity index (χ0) is 24.4. The van der Waals surface area contributed by atoms with Gasteiger partial charge < -0.3 is 25.2 Å². The summed E-state index contributed by atoms with van der Waals surface area (Å²) in [6.45, 7) is 5.71. The van der Waals surface area contributed by atoms with Crippen molar-refractivity contribution < 1.29 is 33.8 Å². The third-order valence-corrected chi connectivity index (χ3v) is 7.35. The zero-order valence-electron chi connectivity index (χ0n) is 20.2. The molecule has 3 N–H and O–H groups in total. The highest BCUT2D eigenvalue weighted by Gasteiger charge is 2.63. The normalized spacial score (nSPS) is 30.9. The van der Waals surface area contributed by atoms with Gasteiger partial charge in [-0.25, -0.2) is 9.59 Å². The third-order valence-electron chi connectivity index (χ3n) is 7.35. The fraction of sp³-hybridized carbons (Fsp3) is 0.833. The number of ether oxygens (including phenoxy) is 2. The van der Waals surface area contributed by atoms with Gasteiger partial charge in [-0.2, -0.15) is 0 Å². The van der Waals surface area contributed by atoms with E-state index in [0.717, 1.165) is 19.3 Å². The van der Waals surface area contributed by atoms with E-state index < -0.39 is 34.5 Å². The standard InChI is InChI=1S/C24H38N2O7/c1-22(2,3)33-21(31)25-8-6-5-7-17(18(27)28)26-19(29)23-10-15-9-16(11-23)13-24(12-15,14-23)20(30)32-4/h15-17H,5-14H2,1-4H3,(H,25,31)(H,26,29)(H,27,28)/t15?,16?,17-,23?,24?/m0/s1. The maximum atomic E-state index is 13.4. The number of hydrogen-bond acceptors (Lipinski definition) is 6. The summed E-state index contributed by atoms with van der Waals surface area (Å²) in [7, 11) is 1.39. The van der Waals surface area contributed by atoms with Gasteiger partial charge in [0.05, 0.1) is 17.9 Å². The number of alkyl carbamates (subject to hydrolysis) is 1. The SMILES string of the molecule is COC(=O)C12CC3CC(CC(C(=O)N[C@@H](CCCCNC(=O)OC(C)(C)C)C(=O)O)(C3)C1)C2. The van der Waals surface area contributed by atoms with E-state index in [-0.39, 0.29) is 18.3 Å². The van der Waals surface area contributed by atoms with Crippen molar-refractivity contribution in [1.29, 1.82) is 0 Å². The van der Waals surface area contributed by atoms with Gasteiger partial charge in [0, 0.05) is 6.54 Å². The molecule has 0 aromatic carbocycles. The Hall–Kier alpha value is -2.32. The van der Waals surface area contributed by atoms with E-state index in [9.17, 15) is 24.3 Å². The Kier molecular flexibility index (Phi) is 7.29. The van der Waals surface area contributed by atoms with Gasteiger partial charge in [0.1, 0.15) is 11.6 Å². The van der Waals surface area contributed by atoms with Gasteiger partial charge in [-0.1, -0.05) is 0 Å². The third kappa shape index (κ3) is 5.79. The average molecular weight is 467 g/mol. The lowest BCUT2D eigenvalue weighted by atomic mass is 9.44. The molecule has 0 aromatic rings. The summed E-state index contributed by atoms with van der Waals surface area (Å²) >= 11 is 0. The summed E-state index contributed by atoms with van der Waals surface area (Å²) in [6, 6.07) is -0.999. The van der Waals surface area contributed by atoms with Crippen LogP contribution < -0.4 is 10.6 Å².